The molecule has 1 unspecified atom stereocenters. The Balaban J connectivity index is 2.01. The molecule has 1 heterocycles. The molecule has 0 radical (unpaired) electrons. The number of sulfone groups is 1. The molecule has 0 bridgehead atoms. The van der Waals surface area contributed by atoms with Crippen LogP contribution in [0.15, 0.2) is 0 Å². The van der Waals surface area contributed by atoms with Crippen LogP contribution in [0.25, 0.3) is 0 Å². The van der Waals surface area contributed by atoms with E-state index in [1.807, 2.05) is 0 Å². The molecule has 1 rings (SSSR count). The maximum absolute atomic E-state index is 10.8. The normalized spacial score (nSPS) is 23.6. The van der Waals surface area contributed by atoms with Gasteiger partial charge in [-0.3, -0.25) is 0 Å². The molecule has 0 saturated carbocycles. The van der Waals surface area contributed by atoms with Crippen LogP contribution in [0.3, 0.4) is 0 Å². The van der Waals surface area contributed by atoms with Gasteiger partial charge >= 0.3 is 0 Å². The van der Waals surface area contributed by atoms with E-state index in [-0.39, 0.29) is 5.75 Å². The summed E-state index contributed by atoms with van der Waals surface area (Å²) in [5.74, 6) is 0.229. The summed E-state index contributed by atoms with van der Waals surface area (Å²) in [5.41, 5.74) is 0. The Morgan fingerprint density at radius 1 is 1.54 bits per heavy atom. The standard InChI is InChI=1S/C8H17NO3S/c1-13(10,11)6-2-5-12-8-3-4-9-7-8/h8-9H,2-7H2,1H3. The molecule has 1 N–H and O–H groups in total. The van der Waals surface area contributed by atoms with E-state index in [2.05, 4.69) is 5.32 Å². The van der Waals surface area contributed by atoms with E-state index in [0.717, 1.165) is 19.5 Å². The van der Waals surface area contributed by atoms with Gasteiger partial charge in [-0.15, -0.1) is 0 Å². The maximum Gasteiger partial charge on any atom is 0.147 e. The fraction of sp³-hybridized carbons (Fsp3) is 1.00. The Hall–Kier alpha value is -0.130. The van der Waals surface area contributed by atoms with Gasteiger partial charge in [-0.2, -0.15) is 0 Å². The number of ether oxygens (including phenoxy) is 1. The maximum atomic E-state index is 10.8. The predicted octanol–water partition coefficient (Wildman–Crippen LogP) is -0.200. The molecule has 1 atom stereocenters. The summed E-state index contributed by atoms with van der Waals surface area (Å²) in [6, 6.07) is 0. The molecule has 0 aromatic rings. The van der Waals surface area contributed by atoms with E-state index < -0.39 is 9.84 Å². The average Bonchev–Trinajstić information content (AvgIpc) is 2.48. The van der Waals surface area contributed by atoms with Crippen molar-refractivity contribution in [2.24, 2.45) is 0 Å². The molecule has 1 fully saturated rings. The molecule has 1 aliphatic rings. The van der Waals surface area contributed by atoms with Gasteiger partial charge in [0.1, 0.15) is 9.84 Å². The van der Waals surface area contributed by atoms with Crippen molar-refractivity contribution >= 4 is 9.84 Å². The third-order valence-electron chi connectivity index (χ3n) is 2.03. The monoisotopic (exact) mass is 207 g/mol. The minimum Gasteiger partial charge on any atom is -0.377 e. The molecule has 0 aliphatic carbocycles. The lowest BCUT2D eigenvalue weighted by atomic mass is 10.3. The number of nitrogens with one attached hydrogen (secondary N) is 1. The van der Waals surface area contributed by atoms with Crippen molar-refractivity contribution in [2.45, 2.75) is 18.9 Å². The van der Waals surface area contributed by atoms with Gasteiger partial charge in [-0.25, -0.2) is 8.42 Å². The van der Waals surface area contributed by atoms with E-state index in [0.29, 0.717) is 19.1 Å². The first kappa shape index (κ1) is 10.9. The molecule has 0 amide bonds. The Bertz CT molecular complexity index is 232. The van der Waals surface area contributed by atoms with Crippen LogP contribution in [0.2, 0.25) is 0 Å². The summed E-state index contributed by atoms with van der Waals surface area (Å²) in [6.45, 7) is 2.47. The lowest BCUT2D eigenvalue weighted by molar-refractivity contribution is 0.0679. The van der Waals surface area contributed by atoms with Crippen molar-refractivity contribution in [2.75, 3.05) is 31.7 Å². The summed E-state index contributed by atoms with van der Waals surface area (Å²) in [5, 5.41) is 3.19. The molecule has 5 heteroatoms. The minimum atomic E-state index is -2.82. The molecule has 4 nitrogen and oxygen atoms in total. The summed E-state index contributed by atoms with van der Waals surface area (Å²) in [6.07, 6.45) is 3.19. The number of hydrogen-bond acceptors (Lipinski definition) is 4. The average molecular weight is 207 g/mol. The minimum absolute atomic E-state index is 0.229. The largest absolute Gasteiger partial charge is 0.377 e. The van der Waals surface area contributed by atoms with Gasteiger partial charge in [0, 0.05) is 19.4 Å². The van der Waals surface area contributed by atoms with Crippen LogP contribution in [0, 0.1) is 0 Å². The first-order valence-corrected chi connectivity index (χ1v) is 6.64. The van der Waals surface area contributed by atoms with Gasteiger partial charge in [-0.1, -0.05) is 0 Å². The predicted molar refractivity (Wildman–Crippen MR) is 51.6 cm³/mol. The van der Waals surface area contributed by atoms with Gasteiger partial charge in [0.05, 0.1) is 11.9 Å². The van der Waals surface area contributed by atoms with Crippen LogP contribution in [-0.4, -0.2) is 46.2 Å². The Kier molecular flexibility index (Phi) is 4.15. The second kappa shape index (κ2) is 4.93. The van der Waals surface area contributed by atoms with E-state index in [9.17, 15) is 8.42 Å². The van der Waals surface area contributed by atoms with Gasteiger partial charge in [0.25, 0.3) is 0 Å². The Morgan fingerprint density at radius 3 is 2.85 bits per heavy atom. The van der Waals surface area contributed by atoms with E-state index in [1.54, 1.807) is 0 Å². The van der Waals surface area contributed by atoms with Crippen molar-refractivity contribution in [1.82, 2.24) is 5.32 Å². The molecule has 0 aromatic heterocycles. The smallest absolute Gasteiger partial charge is 0.147 e. The summed E-state index contributed by atoms with van der Waals surface area (Å²) >= 11 is 0. The summed E-state index contributed by atoms with van der Waals surface area (Å²) in [4.78, 5) is 0. The fourth-order valence-electron chi connectivity index (χ4n) is 1.34. The Labute approximate surface area is 79.6 Å². The van der Waals surface area contributed by atoms with Crippen LogP contribution < -0.4 is 5.32 Å². The third-order valence-corrected chi connectivity index (χ3v) is 3.06. The quantitative estimate of drug-likeness (QED) is 0.634. The van der Waals surface area contributed by atoms with Crippen LogP contribution in [0.1, 0.15) is 12.8 Å². The van der Waals surface area contributed by atoms with Gasteiger partial charge in [-0.05, 0) is 19.4 Å². The van der Waals surface area contributed by atoms with Crippen LogP contribution >= 0.6 is 0 Å². The van der Waals surface area contributed by atoms with Gasteiger partial charge in [0.15, 0.2) is 0 Å². The van der Waals surface area contributed by atoms with Crippen molar-refractivity contribution in [3.63, 3.8) is 0 Å². The molecular formula is C8H17NO3S. The molecule has 0 aromatic carbocycles. The zero-order chi connectivity index (χ0) is 9.73. The summed E-state index contributed by atoms with van der Waals surface area (Å²) < 4.78 is 27.0. The van der Waals surface area contributed by atoms with Crippen molar-refractivity contribution in [3.05, 3.63) is 0 Å². The van der Waals surface area contributed by atoms with Crippen molar-refractivity contribution < 1.29 is 13.2 Å². The van der Waals surface area contributed by atoms with E-state index >= 15 is 0 Å². The van der Waals surface area contributed by atoms with E-state index in [1.165, 1.54) is 6.26 Å². The second-order valence-electron chi connectivity index (χ2n) is 3.47. The van der Waals surface area contributed by atoms with Crippen molar-refractivity contribution in [3.8, 4) is 0 Å². The first-order valence-electron chi connectivity index (χ1n) is 4.58. The van der Waals surface area contributed by atoms with Gasteiger partial charge in [0.2, 0.25) is 0 Å². The lowest BCUT2D eigenvalue weighted by Gasteiger charge is -2.09. The molecular weight excluding hydrogens is 190 g/mol. The highest BCUT2D eigenvalue weighted by atomic mass is 32.2. The summed E-state index contributed by atoms with van der Waals surface area (Å²) in [7, 11) is -2.82. The first-order chi connectivity index (χ1) is 6.08. The fourth-order valence-corrected chi connectivity index (χ4v) is 1.98. The topological polar surface area (TPSA) is 55.4 Å². The molecule has 1 saturated heterocycles. The second-order valence-corrected chi connectivity index (χ2v) is 5.73. The van der Waals surface area contributed by atoms with E-state index in [4.69, 9.17) is 4.74 Å². The third kappa shape index (κ3) is 5.23. The van der Waals surface area contributed by atoms with Crippen LogP contribution in [-0.2, 0) is 14.6 Å². The van der Waals surface area contributed by atoms with Crippen LogP contribution in [0.4, 0.5) is 0 Å². The Morgan fingerprint density at radius 2 is 2.31 bits per heavy atom. The zero-order valence-corrected chi connectivity index (χ0v) is 8.77. The van der Waals surface area contributed by atoms with Crippen molar-refractivity contribution in [1.29, 1.82) is 0 Å². The van der Waals surface area contributed by atoms with Crippen LogP contribution in [0.5, 0.6) is 0 Å². The van der Waals surface area contributed by atoms with Gasteiger partial charge < -0.3 is 10.1 Å². The SMILES string of the molecule is CS(=O)(=O)CCCOC1CCNC1. The number of rotatable bonds is 5. The zero-order valence-electron chi connectivity index (χ0n) is 7.95. The number of hydrogen-bond donors (Lipinski definition) is 1. The highest BCUT2D eigenvalue weighted by Gasteiger charge is 2.14. The molecule has 78 valence electrons. The molecule has 13 heavy (non-hydrogen) atoms. The molecule has 0 spiro atoms. The lowest BCUT2D eigenvalue weighted by Crippen LogP contribution is -2.18. The molecule has 1 aliphatic heterocycles. The highest BCUT2D eigenvalue weighted by Crippen LogP contribution is 2.03. The highest BCUT2D eigenvalue weighted by molar-refractivity contribution is 7.90.